The van der Waals surface area contributed by atoms with Gasteiger partial charge >= 0.3 is 6.01 Å². The van der Waals surface area contributed by atoms with Gasteiger partial charge in [0.05, 0.1) is 13.7 Å². The Kier molecular flexibility index (Phi) is 5.57. The van der Waals surface area contributed by atoms with Crippen molar-refractivity contribution in [2.75, 3.05) is 25.1 Å². The molecule has 2 aromatic heterocycles. The number of benzene rings is 1. The Morgan fingerprint density at radius 1 is 1.29 bits per heavy atom. The van der Waals surface area contributed by atoms with Gasteiger partial charge in [0, 0.05) is 29.4 Å². The number of aromatic nitrogens is 2. The third-order valence-corrected chi connectivity index (χ3v) is 5.79. The molecule has 0 unspecified atom stereocenters. The number of rotatable bonds is 6. The van der Waals surface area contributed by atoms with Crippen molar-refractivity contribution in [1.82, 2.24) is 15.5 Å². The molecule has 3 heterocycles. The molecule has 0 aliphatic carbocycles. The third kappa shape index (κ3) is 4.17. The van der Waals surface area contributed by atoms with Crippen molar-refractivity contribution in [3.8, 4) is 17.1 Å². The highest BCUT2D eigenvalue weighted by molar-refractivity contribution is 7.09. The quantitative estimate of drug-likeness (QED) is 0.686. The van der Waals surface area contributed by atoms with Gasteiger partial charge in [-0.3, -0.25) is 4.79 Å². The first kappa shape index (κ1) is 18.5. The molecule has 0 bridgehead atoms. The first-order valence-electron chi connectivity index (χ1n) is 9.26. The summed E-state index contributed by atoms with van der Waals surface area (Å²) in [6.45, 7) is 2.05. The molecule has 1 aliphatic rings. The van der Waals surface area contributed by atoms with E-state index in [4.69, 9.17) is 9.26 Å². The van der Waals surface area contributed by atoms with Gasteiger partial charge in [0.15, 0.2) is 0 Å². The topological polar surface area (TPSA) is 80.5 Å². The van der Waals surface area contributed by atoms with Gasteiger partial charge in [0.1, 0.15) is 5.75 Å². The molecule has 1 aromatic carbocycles. The first-order valence-corrected chi connectivity index (χ1v) is 10.1. The molecule has 146 valence electrons. The van der Waals surface area contributed by atoms with Gasteiger partial charge in [-0.25, -0.2) is 0 Å². The van der Waals surface area contributed by atoms with Crippen molar-refractivity contribution in [1.29, 1.82) is 0 Å². The van der Waals surface area contributed by atoms with Crippen molar-refractivity contribution in [3.05, 3.63) is 46.7 Å². The van der Waals surface area contributed by atoms with Crippen LogP contribution in [-0.2, 0) is 11.3 Å². The van der Waals surface area contributed by atoms with Crippen molar-refractivity contribution >= 4 is 23.3 Å². The van der Waals surface area contributed by atoms with Crippen LogP contribution in [0.25, 0.3) is 11.4 Å². The zero-order valence-electron chi connectivity index (χ0n) is 15.6. The zero-order chi connectivity index (χ0) is 19.3. The number of piperidine rings is 1. The number of methoxy groups -OCH3 is 1. The molecule has 0 spiro atoms. The Morgan fingerprint density at radius 3 is 2.75 bits per heavy atom. The van der Waals surface area contributed by atoms with Crippen molar-refractivity contribution in [2.45, 2.75) is 19.4 Å². The molecule has 7 nitrogen and oxygen atoms in total. The summed E-state index contributed by atoms with van der Waals surface area (Å²) in [6, 6.07) is 12.1. The number of nitrogens with one attached hydrogen (secondary N) is 1. The van der Waals surface area contributed by atoms with E-state index in [1.165, 1.54) is 4.88 Å². The van der Waals surface area contributed by atoms with E-state index in [9.17, 15) is 4.79 Å². The fourth-order valence-corrected chi connectivity index (χ4v) is 3.91. The molecule has 1 N–H and O–H groups in total. The second-order valence-corrected chi connectivity index (χ2v) is 7.72. The summed E-state index contributed by atoms with van der Waals surface area (Å²) in [4.78, 5) is 20.1. The number of amides is 1. The Hall–Kier alpha value is -2.87. The van der Waals surface area contributed by atoms with Crippen LogP contribution >= 0.6 is 11.3 Å². The van der Waals surface area contributed by atoms with E-state index in [0.29, 0.717) is 18.4 Å². The molecule has 0 atom stereocenters. The van der Waals surface area contributed by atoms with Crippen molar-refractivity contribution in [2.24, 2.45) is 5.92 Å². The number of ether oxygens (including phenoxy) is 1. The third-order valence-electron chi connectivity index (χ3n) is 4.92. The average molecular weight is 398 g/mol. The number of anilines is 1. The molecule has 4 rings (SSSR count). The van der Waals surface area contributed by atoms with E-state index >= 15 is 0 Å². The Labute approximate surface area is 167 Å². The second-order valence-electron chi connectivity index (χ2n) is 6.69. The van der Waals surface area contributed by atoms with Crippen LogP contribution in [-0.4, -0.2) is 36.2 Å². The fraction of sp³-hybridized carbons (Fsp3) is 0.350. The minimum Gasteiger partial charge on any atom is -0.497 e. The maximum absolute atomic E-state index is 12.4. The largest absolute Gasteiger partial charge is 0.497 e. The van der Waals surface area contributed by atoms with E-state index in [-0.39, 0.29) is 11.8 Å². The van der Waals surface area contributed by atoms with E-state index in [0.717, 1.165) is 37.2 Å². The van der Waals surface area contributed by atoms with Gasteiger partial charge in [-0.1, -0.05) is 11.2 Å². The second kappa shape index (κ2) is 8.43. The number of carbonyl (C=O) groups is 1. The van der Waals surface area contributed by atoms with E-state index in [1.54, 1.807) is 18.4 Å². The predicted molar refractivity (Wildman–Crippen MR) is 107 cm³/mol. The number of hydrogen-bond donors (Lipinski definition) is 1. The summed E-state index contributed by atoms with van der Waals surface area (Å²) in [5, 5.41) is 9.14. The smallest absolute Gasteiger partial charge is 0.324 e. The minimum absolute atomic E-state index is 0.0280. The lowest BCUT2D eigenvalue weighted by Crippen LogP contribution is -2.40. The number of carbonyl (C=O) groups excluding carboxylic acids is 1. The molecule has 1 fully saturated rings. The lowest BCUT2D eigenvalue weighted by Gasteiger charge is -2.29. The molecular formula is C20H22N4O3S. The summed E-state index contributed by atoms with van der Waals surface area (Å²) in [5.74, 6) is 1.48. The molecule has 1 saturated heterocycles. The van der Waals surface area contributed by atoms with E-state index in [1.807, 2.05) is 46.7 Å². The molecule has 8 heteroatoms. The van der Waals surface area contributed by atoms with E-state index < -0.39 is 0 Å². The molecular weight excluding hydrogens is 376 g/mol. The lowest BCUT2D eigenvalue weighted by molar-refractivity contribution is -0.125. The molecule has 1 amide bonds. The summed E-state index contributed by atoms with van der Waals surface area (Å²) in [7, 11) is 1.63. The molecule has 0 radical (unpaired) electrons. The highest BCUT2D eigenvalue weighted by Crippen LogP contribution is 2.26. The Bertz CT molecular complexity index is 900. The van der Waals surface area contributed by atoms with Crippen LogP contribution in [0.1, 0.15) is 17.7 Å². The van der Waals surface area contributed by atoms with Gasteiger partial charge in [0.2, 0.25) is 11.7 Å². The molecule has 0 saturated carbocycles. The van der Waals surface area contributed by atoms with Gasteiger partial charge < -0.3 is 19.5 Å². The number of nitrogens with zero attached hydrogens (tertiary/aromatic N) is 3. The molecule has 1 aliphatic heterocycles. The van der Waals surface area contributed by atoms with Crippen LogP contribution in [0.4, 0.5) is 6.01 Å². The Balaban J connectivity index is 1.31. The summed E-state index contributed by atoms with van der Waals surface area (Å²) in [6.07, 6.45) is 1.55. The average Bonchev–Trinajstić information content (AvgIpc) is 3.44. The summed E-state index contributed by atoms with van der Waals surface area (Å²) >= 11 is 1.65. The fourth-order valence-electron chi connectivity index (χ4n) is 3.27. The Morgan fingerprint density at radius 2 is 2.07 bits per heavy atom. The summed E-state index contributed by atoms with van der Waals surface area (Å²) in [5.41, 5.74) is 0.874. The van der Waals surface area contributed by atoms with Crippen molar-refractivity contribution in [3.63, 3.8) is 0 Å². The first-order chi connectivity index (χ1) is 13.7. The standard InChI is InChI=1S/C20H22N4O3S/c1-26-16-6-4-14(5-7-16)18-22-20(27-23-18)24-10-8-15(9-11-24)19(25)21-13-17-3-2-12-28-17/h2-7,12,15H,8-11,13H2,1H3,(H,21,25). The van der Waals surface area contributed by atoms with Crippen LogP contribution in [0.15, 0.2) is 46.3 Å². The SMILES string of the molecule is COc1ccc(-c2noc(N3CCC(C(=O)NCc4cccs4)CC3)n2)cc1. The summed E-state index contributed by atoms with van der Waals surface area (Å²) < 4.78 is 10.6. The van der Waals surface area contributed by atoms with Gasteiger partial charge in [-0.05, 0) is 48.6 Å². The van der Waals surface area contributed by atoms with Crippen LogP contribution in [0.2, 0.25) is 0 Å². The minimum atomic E-state index is 0.0280. The highest BCUT2D eigenvalue weighted by Gasteiger charge is 2.27. The predicted octanol–water partition coefficient (Wildman–Crippen LogP) is 3.34. The van der Waals surface area contributed by atoms with E-state index in [2.05, 4.69) is 15.5 Å². The van der Waals surface area contributed by atoms with Gasteiger partial charge in [-0.15, -0.1) is 11.3 Å². The normalized spacial score (nSPS) is 14.8. The van der Waals surface area contributed by atoms with Gasteiger partial charge in [-0.2, -0.15) is 4.98 Å². The number of hydrogen-bond acceptors (Lipinski definition) is 7. The van der Waals surface area contributed by atoms with Crippen LogP contribution in [0, 0.1) is 5.92 Å². The maximum atomic E-state index is 12.4. The number of thiophene rings is 1. The zero-order valence-corrected chi connectivity index (χ0v) is 16.4. The van der Waals surface area contributed by atoms with Crippen LogP contribution in [0.5, 0.6) is 5.75 Å². The molecule has 28 heavy (non-hydrogen) atoms. The van der Waals surface area contributed by atoms with Crippen LogP contribution in [0.3, 0.4) is 0 Å². The monoisotopic (exact) mass is 398 g/mol. The maximum Gasteiger partial charge on any atom is 0.324 e. The van der Waals surface area contributed by atoms with Crippen molar-refractivity contribution < 1.29 is 14.1 Å². The lowest BCUT2D eigenvalue weighted by atomic mass is 9.96. The van der Waals surface area contributed by atoms with Gasteiger partial charge in [0.25, 0.3) is 0 Å². The highest BCUT2D eigenvalue weighted by atomic mass is 32.1. The molecule has 3 aromatic rings. The van der Waals surface area contributed by atoms with Crippen LogP contribution < -0.4 is 15.0 Å².